The molecule has 5 rings (SSSR count). The first-order valence-corrected chi connectivity index (χ1v) is 15.5. The van der Waals surface area contributed by atoms with Gasteiger partial charge in [-0.05, 0) is 66.8 Å². The SMILES string of the molecule is CC(=O)Cc1cccc(-c2cc(C(C)C)c3c(c2O)C(=O)C2=C(O)[C@@]4(O)C(=O)C(C(C)=O)=C(O)C(C(C)C)[C@@]4(C)C[C@@]2(C)C3)c1. The topological polar surface area (TPSA) is 149 Å². The maximum atomic E-state index is 14.6. The summed E-state index contributed by atoms with van der Waals surface area (Å²) < 4.78 is 0. The minimum Gasteiger partial charge on any atom is -0.511 e. The predicted octanol–water partition coefficient (Wildman–Crippen LogP) is 6.27. The maximum Gasteiger partial charge on any atom is 0.209 e. The summed E-state index contributed by atoms with van der Waals surface area (Å²) in [7, 11) is 0. The number of rotatable bonds is 6. The van der Waals surface area contributed by atoms with Crippen molar-refractivity contribution in [3.63, 3.8) is 0 Å². The van der Waals surface area contributed by atoms with Crippen molar-refractivity contribution in [2.24, 2.45) is 22.7 Å². The van der Waals surface area contributed by atoms with E-state index in [1.807, 2.05) is 39.8 Å². The maximum absolute atomic E-state index is 14.6. The molecule has 4 N–H and O–H groups in total. The number of phenols is 1. The molecule has 4 atom stereocenters. The second-order valence-electron chi connectivity index (χ2n) is 14.4. The van der Waals surface area contributed by atoms with Gasteiger partial charge in [-0.2, -0.15) is 0 Å². The number of aliphatic hydroxyl groups is 3. The number of phenolic OH excluding ortho intramolecular Hbond substituents is 1. The first-order valence-electron chi connectivity index (χ1n) is 15.5. The third-order valence-electron chi connectivity index (χ3n) is 10.4. The van der Waals surface area contributed by atoms with Crippen LogP contribution in [0.5, 0.6) is 5.75 Å². The molecule has 8 nitrogen and oxygen atoms in total. The third kappa shape index (κ3) is 4.43. The summed E-state index contributed by atoms with van der Waals surface area (Å²) >= 11 is 0. The summed E-state index contributed by atoms with van der Waals surface area (Å²) in [5.74, 6) is -5.42. The normalized spacial score (nSPS) is 27.9. The van der Waals surface area contributed by atoms with Crippen molar-refractivity contribution in [2.75, 3.05) is 0 Å². The van der Waals surface area contributed by atoms with E-state index in [0.717, 1.165) is 18.1 Å². The van der Waals surface area contributed by atoms with Gasteiger partial charge in [0.05, 0.1) is 5.56 Å². The number of carbonyl (C=O) groups is 4. The lowest BCUT2D eigenvalue weighted by atomic mass is 9.44. The van der Waals surface area contributed by atoms with Gasteiger partial charge in [-0.3, -0.25) is 19.2 Å². The van der Waals surface area contributed by atoms with E-state index in [2.05, 4.69) is 0 Å². The van der Waals surface area contributed by atoms with Crippen molar-refractivity contribution < 1.29 is 39.6 Å². The largest absolute Gasteiger partial charge is 0.511 e. The Balaban J connectivity index is 1.80. The number of allylic oxidation sites excluding steroid dienone is 2. The highest BCUT2D eigenvalue weighted by atomic mass is 16.3. The molecule has 0 amide bonds. The molecule has 0 aliphatic heterocycles. The first kappa shape index (κ1) is 32.4. The number of benzene rings is 2. The van der Waals surface area contributed by atoms with Gasteiger partial charge >= 0.3 is 0 Å². The van der Waals surface area contributed by atoms with Crippen LogP contribution >= 0.6 is 0 Å². The van der Waals surface area contributed by atoms with Crippen LogP contribution in [0.2, 0.25) is 0 Å². The summed E-state index contributed by atoms with van der Waals surface area (Å²) in [5, 5.41) is 47.3. The number of carbonyl (C=O) groups excluding carboxylic acids is 4. The average Bonchev–Trinajstić information content (AvgIpc) is 2.90. The van der Waals surface area contributed by atoms with Gasteiger partial charge in [0, 0.05) is 34.3 Å². The van der Waals surface area contributed by atoms with Crippen LogP contribution in [0, 0.1) is 22.7 Å². The van der Waals surface area contributed by atoms with Gasteiger partial charge in [0.25, 0.3) is 0 Å². The molecule has 45 heavy (non-hydrogen) atoms. The van der Waals surface area contributed by atoms with E-state index < -0.39 is 56.8 Å². The van der Waals surface area contributed by atoms with E-state index >= 15 is 0 Å². The predicted molar refractivity (Wildman–Crippen MR) is 169 cm³/mol. The number of ketones is 4. The minimum atomic E-state index is -2.66. The lowest BCUT2D eigenvalue weighted by Gasteiger charge is -2.59. The van der Waals surface area contributed by atoms with Crippen molar-refractivity contribution in [1.29, 1.82) is 0 Å². The molecule has 0 saturated heterocycles. The Labute approximate surface area is 263 Å². The molecular formula is C37H42O8. The van der Waals surface area contributed by atoms with Crippen LogP contribution < -0.4 is 0 Å². The highest BCUT2D eigenvalue weighted by Gasteiger charge is 2.71. The molecule has 2 aromatic carbocycles. The number of fused-ring (bicyclic) bond motifs is 3. The smallest absolute Gasteiger partial charge is 0.209 e. The van der Waals surface area contributed by atoms with Gasteiger partial charge in [-0.1, -0.05) is 65.8 Å². The zero-order chi connectivity index (χ0) is 33.5. The Hall–Kier alpha value is -4.04. The van der Waals surface area contributed by atoms with Gasteiger partial charge in [-0.25, -0.2) is 0 Å². The van der Waals surface area contributed by atoms with Gasteiger partial charge in [0.2, 0.25) is 5.78 Å². The number of hydrogen-bond acceptors (Lipinski definition) is 8. The van der Waals surface area contributed by atoms with Crippen molar-refractivity contribution in [2.45, 2.75) is 86.2 Å². The van der Waals surface area contributed by atoms with E-state index in [9.17, 15) is 39.6 Å². The van der Waals surface area contributed by atoms with Crippen LogP contribution in [0.3, 0.4) is 0 Å². The standard InChI is InChI=1S/C37H42O8/c1-17(2)23-14-24(22-11-9-10-21(13-22)12-19(5)38)30(40)27-25(23)15-35(7)16-36(8)28(18(3)4)31(41)26(20(6)39)33(43)37(36,45)34(44)29(35)32(27)42/h9-11,13-14,17-18,28,40-41,44-45H,12,15-16H2,1-8H3/t28?,35-,36-,37+/m1/s1. The van der Waals surface area contributed by atoms with Gasteiger partial charge in [0.15, 0.2) is 17.2 Å². The second kappa shape index (κ2) is 10.5. The molecule has 0 spiro atoms. The number of hydrogen-bond donors (Lipinski definition) is 4. The molecule has 3 aliphatic rings. The van der Waals surface area contributed by atoms with E-state index in [1.54, 1.807) is 32.0 Å². The Morgan fingerprint density at radius 1 is 1.00 bits per heavy atom. The summed E-state index contributed by atoms with van der Waals surface area (Å²) in [4.78, 5) is 53.0. The number of aromatic hydroxyl groups is 1. The van der Waals surface area contributed by atoms with E-state index in [1.165, 1.54) is 6.92 Å². The van der Waals surface area contributed by atoms with Gasteiger partial charge < -0.3 is 20.4 Å². The van der Waals surface area contributed by atoms with E-state index in [-0.39, 0.29) is 53.8 Å². The van der Waals surface area contributed by atoms with Crippen molar-refractivity contribution in [3.8, 4) is 16.9 Å². The summed E-state index contributed by atoms with van der Waals surface area (Å²) in [6.07, 6.45) is 0.468. The average molecular weight is 615 g/mol. The van der Waals surface area contributed by atoms with Crippen LogP contribution in [0.4, 0.5) is 0 Å². The minimum absolute atomic E-state index is 0.00625. The molecule has 0 aromatic heterocycles. The molecule has 3 aliphatic carbocycles. The molecular weight excluding hydrogens is 572 g/mol. The lowest BCUT2D eigenvalue weighted by molar-refractivity contribution is -0.171. The molecule has 0 radical (unpaired) electrons. The van der Waals surface area contributed by atoms with E-state index in [4.69, 9.17) is 0 Å². The summed E-state index contributed by atoms with van der Waals surface area (Å²) in [5.41, 5.74) is -2.78. The zero-order valence-corrected chi connectivity index (χ0v) is 27.2. The van der Waals surface area contributed by atoms with Crippen LogP contribution in [0.1, 0.15) is 94.8 Å². The van der Waals surface area contributed by atoms with Crippen LogP contribution in [-0.2, 0) is 27.2 Å². The van der Waals surface area contributed by atoms with Crippen molar-refractivity contribution >= 4 is 23.1 Å². The number of Topliss-reactive ketones (excluding diaryl/α,β-unsaturated/α-hetero) is 4. The molecule has 0 heterocycles. The van der Waals surface area contributed by atoms with Gasteiger partial charge in [0.1, 0.15) is 28.6 Å². The molecule has 2 aromatic rings. The summed E-state index contributed by atoms with van der Waals surface area (Å²) in [6, 6.07) is 9.04. The second-order valence-corrected chi connectivity index (χ2v) is 14.4. The summed E-state index contributed by atoms with van der Waals surface area (Å²) in [6.45, 7) is 13.6. The highest BCUT2D eigenvalue weighted by molar-refractivity contribution is 6.25. The monoisotopic (exact) mass is 614 g/mol. The van der Waals surface area contributed by atoms with E-state index in [0.29, 0.717) is 16.7 Å². The van der Waals surface area contributed by atoms with Crippen LogP contribution in [-0.4, -0.2) is 49.2 Å². The highest BCUT2D eigenvalue weighted by Crippen LogP contribution is 2.65. The molecule has 238 valence electrons. The molecule has 8 heteroatoms. The Bertz CT molecular complexity index is 1760. The fourth-order valence-corrected chi connectivity index (χ4v) is 8.70. The Morgan fingerprint density at radius 3 is 2.20 bits per heavy atom. The zero-order valence-electron chi connectivity index (χ0n) is 27.2. The molecule has 0 bridgehead atoms. The Morgan fingerprint density at radius 2 is 1.64 bits per heavy atom. The fourth-order valence-electron chi connectivity index (χ4n) is 8.70. The molecule has 0 fully saturated rings. The van der Waals surface area contributed by atoms with Crippen LogP contribution in [0.25, 0.3) is 11.1 Å². The third-order valence-corrected chi connectivity index (χ3v) is 10.4. The molecule has 0 saturated carbocycles. The fraction of sp³-hybridized carbons (Fsp3) is 0.459. The van der Waals surface area contributed by atoms with Crippen LogP contribution in [0.15, 0.2) is 53.0 Å². The van der Waals surface area contributed by atoms with Gasteiger partial charge in [-0.15, -0.1) is 0 Å². The van der Waals surface area contributed by atoms with Crippen molar-refractivity contribution in [1.82, 2.24) is 0 Å². The first-order chi connectivity index (χ1) is 20.8. The Kier molecular flexibility index (Phi) is 7.56. The molecule has 1 unspecified atom stereocenters. The lowest BCUT2D eigenvalue weighted by Crippen LogP contribution is -2.67. The quantitative estimate of drug-likeness (QED) is 0.278. The van der Waals surface area contributed by atoms with Crippen molar-refractivity contribution in [3.05, 3.63) is 75.3 Å². The number of aliphatic hydroxyl groups excluding tert-OH is 2.